The summed E-state index contributed by atoms with van der Waals surface area (Å²) in [6.45, 7) is 6.73. The Hall–Kier alpha value is -1.06. The van der Waals surface area contributed by atoms with E-state index in [1.807, 2.05) is 0 Å². The van der Waals surface area contributed by atoms with Crippen LogP contribution in [0.4, 0.5) is 0 Å². The van der Waals surface area contributed by atoms with Crippen LogP contribution in [0.3, 0.4) is 0 Å². The molecule has 0 rings (SSSR count). The minimum Gasteiger partial charge on any atom is -0.550 e. The van der Waals surface area contributed by atoms with E-state index in [2.05, 4.69) is 20.8 Å². The number of aliphatic carboxylic acids is 3. The Kier molecular flexibility index (Phi) is 57.3. The van der Waals surface area contributed by atoms with E-state index < -0.39 is 17.9 Å². The van der Waals surface area contributed by atoms with Gasteiger partial charge in [-0.05, 0) is 38.5 Å². The van der Waals surface area contributed by atoms with Gasteiger partial charge in [0.2, 0.25) is 0 Å². The molecular formula is C42H81CrO6. The molecule has 7 heteroatoms. The van der Waals surface area contributed by atoms with E-state index in [4.69, 9.17) is 0 Å². The molecule has 49 heavy (non-hydrogen) atoms. The van der Waals surface area contributed by atoms with E-state index in [0.29, 0.717) is 0 Å². The average Bonchev–Trinajstić information content (AvgIpc) is 3.05. The zero-order valence-electron chi connectivity index (χ0n) is 32.8. The molecule has 0 spiro atoms. The molecular weight excluding hydrogens is 652 g/mol. The van der Waals surface area contributed by atoms with E-state index in [9.17, 15) is 29.7 Å². The van der Waals surface area contributed by atoms with Crippen molar-refractivity contribution >= 4 is 17.9 Å². The van der Waals surface area contributed by atoms with E-state index in [-0.39, 0.29) is 36.6 Å². The minimum absolute atomic E-state index is 0. The summed E-state index contributed by atoms with van der Waals surface area (Å²) < 4.78 is 0. The second-order valence-corrected chi connectivity index (χ2v) is 14.0. The van der Waals surface area contributed by atoms with Crippen molar-refractivity contribution in [3.63, 3.8) is 0 Å². The third-order valence-corrected chi connectivity index (χ3v) is 8.95. The van der Waals surface area contributed by atoms with Crippen LogP contribution >= 0.6 is 0 Å². The molecule has 0 saturated heterocycles. The van der Waals surface area contributed by atoms with Gasteiger partial charge in [-0.3, -0.25) is 0 Å². The van der Waals surface area contributed by atoms with Gasteiger partial charge in [0.25, 0.3) is 0 Å². The van der Waals surface area contributed by atoms with Crippen molar-refractivity contribution < 1.29 is 47.1 Å². The molecule has 0 aliphatic rings. The Morgan fingerprint density at radius 1 is 0.265 bits per heavy atom. The molecule has 0 N–H and O–H groups in total. The van der Waals surface area contributed by atoms with Crippen LogP contribution in [0.1, 0.15) is 252 Å². The molecule has 1 radical (unpaired) electrons. The van der Waals surface area contributed by atoms with Gasteiger partial charge in [0.1, 0.15) is 0 Å². The third kappa shape index (κ3) is 65.9. The number of hydrogen-bond acceptors (Lipinski definition) is 6. The van der Waals surface area contributed by atoms with E-state index in [0.717, 1.165) is 38.5 Å². The SMILES string of the molecule is CCCCCCCCCCCCCC(=O)[O-].CCCCCCCCCCCCCC(=O)[O-].CCCCCCCCCCCCCC(=O)[O-].[Cr+3]. The smallest absolute Gasteiger partial charge is 0.550 e. The maximum absolute atomic E-state index is 10.1. The van der Waals surface area contributed by atoms with Crippen LogP contribution in [-0.4, -0.2) is 17.9 Å². The molecule has 0 heterocycles. The van der Waals surface area contributed by atoms with Crippen molar-refractivity contribution in [3.05, 3.63) is 0 Å². The van der Waals surface area contributed by atoms with Gasteiger partial charge in [-0.1, -0.05) is 213 Å². The molecule has 0 aliphatic carbocycles. The second-order valence-electron chi connectivity index (χ2n) is 14.0. The third-order valence-electron chi connectivity index (χ3n) is 8.95. The molecule has 291 valence electrons. The quantitative estimate of drug-likeness (QED) is 0.0591. The van der Waals surface area contributed by atoms with Gasteiger partial charge in [0.15, 0.2) is 0 Å². The maximum atomic E-state index is 10.1. The first-order chi connectivity index (χ1) is 23.3. The molecule has 0 aromatic carbocycles. The number of carboxylic acids is 3. The summed E-state index contributed by atoms with van der Waals surface area (Å²) in [6.07, 6.45) is 42.1. The van der Waals surface area contributed by atoms with E-state index >= 15 is 0 Å². The maximum Gasteiger partial charge on any atom is 3.00 e. The second kappa shape index (κ2) is 51.3. The first-order valence-electron chi connectivity index (χ1n) is 20.9. The number of unbranched alkanes of at least 4 members (excludes halogenated alkanes) is 30. The summed E-state index contributed by atoms with van der Waals surface area (Å²) in [5.74, 6) is -2.72. The summed E-state index contributed by atoms with van der Waals surface area (Å²) in [5, 5.41) is 30.4. The van der Waals surface area contributed by atoms with Crippen molar-refractivity contribution in [3.8, 4) is 0 Å². The van der Waals surface area contributed by atoms with Crippen LogP contribution < -0.4 is 15.3 Å². The Morgan fingerprint density at radius 3 is 0.510 bits per heavy atom. The molecule has 0 amide bonds. The number of carbonyl (C=O) groups excluding carboxylic acids is 3. The van der Waals surface area contributed by atoms with Crippen LogP contribution in [-0.2, 0) is 31.7 Å². The fourth-order valence-corrected chi connectivity index (χ4v) is 5.80. The topological polar surface area (TPSA) is 120 Å². The number of carbonyl (C=O) groups is 3. The molecule has 0 bridgehead atoms. The molecule has 0 saturated carbocycles. The van der Waals surface area contributed by atoms with E-state index in [1.54, 1.807) is 0 Å². The zero-order valence-corrected chi connectivity index (χ0v) is 34.1. The normalized spacial score (nSPS) is 10.3. The summed E-state index contributed by atoms with van der Waals surface area (Å²) >= 11 is 0. The number of hydrogen-bond donors (Lipinski definition) is 0. The molecule has 6 nitrogen and oxygen atoms in total. The molecule has 0 aromatic heterocycles. The summed E-state index contributed by atoms with van der Waals surface area (Å²) in [7, 11) is 0. The van der Waals surface area contributed by atoms with Crippen LogP contribution in [0.5, 0.6) is 0 Å². The first-order valence-corrected chi connectivity index (χ1v) is 20.9. The molecule has 0 atom stereocenters. The van der Waals surface area contributed by atoms with Gasteiger partial charge < -0.3 is 29.7 Å². The van der Waals surface area contributed by atoms with Gasteiger partial charge in [-0.25, -0.2) is 0 Å². The average molecular weight is 734 g/mol. The van der Waals surface area contributed by atoms with Gasteiger partial charge in [-0.2, -0.15) is 0 Å². The van der Waals surface area contributed by atoms with Gasteiger partial charge in [-0.15, -0.1) is 0 Å². The summed E-state index contributed by atoms with van der Waals surface area (Å²) in [4.78, 5) is 30.4. The van der Waals surface area contributed by atoms with Crippen molar-refractivity contribution in [2.24, 2.45) is 0 Å². The zero-order chi connectivity index (χ0) is 36.2. The van der Waals surface area contributed by atoms with Crippen LogP contribution in [0.15, 0.2) is 0 Å². The monoisotopic (exact) mass is 734 g/mol. The Bertz CT molecular complexity index is 557. The molecule has 0 aromatic rings. The van der Waals surface area contributed by atoms with Crippen molar-refractivity contribution in [2.75, 3.05) is 0 Å². The van der Waals surface area contributed by atoms with Crippen molar-refractivity contribution in [2.45, 2.75) is 252 Å². The van der Waals surface area contributed by atoms with Gasteiger partial charge in [0.05, 0.1) is 0 Å². The van der Waals surface area contributed by atoms with Crippen molar-refractivity contribution in [1.29, 1.82) is 0 Å². The Labute approximate surface area is 315 Å². The molecule has 0 unspecified atom stereocenters. The Morgan fingerprint density at radius 2 is 0.388 bits per heavy atom. The molecule has 0 fully saturated rings. The first kappa shape index (κ1) is 54.7. The summed E-state index contributed by atoms with van der Waals surface area (Å²) in [5.41, 5.74) is 0. The van der Waals surface area contributed by atoms with Crippen LogP contribution in [0, 0.1) is 0 Å². The van der Waals surface area contributed by atoms with Crippen LogP contribution in [0.25, 0.3) is 0 Å². The molecule has 0 aliphatic heterocycles. The fourth-order valence-electron chi connectivity index (χ4n) is 5.80. The van der Waals surface area contributed by atoms with Gasteiger partial charge in [0, 0.05) is 17.9 Å². The predicted octanol–water partition coefficient (Wildman–Crippen LogP) is 10.3. The Balaban J connectivity index is -0.000000307. The van der Waals surface area contributed by atoms with Gasteiger partial charge >= 0.3 is 17.4 Å². The van der Waals surface area contributed by atoms with Crippen LogP contribution in [0.2, 0.25) is 0 Å². The van der Waals surface area contributed by atoms with Crippen molar-refractivity contribution in [1.82, 2.24) is 0 Å². The predicted molar refractivity (Wildman–Crippen MR) is 198 cm³/mol. The fraction of sp³-hybridized carbons (Fsp3) is 0.929. The minimum atomic E-state index is -0.907. The number of carboxylic acid groups (broad SMARTS) is 3. The standard InChI is InChI=1S/3C14H28O2.Cr/c3*1-2-3-4-5-6-7-8-9-10-11-12-13-14(15)16;/h3*2-13H2,1H3,(H,15,16);/q;;;+3/p-3. The summed E-state index contributed by atoms with van der Waals surface area (Å²) in [6, 6.07) is 0. The largest absolute Gasteiger partial charge is 3.00 e. The number of rotatable bonds is 36. The van der Waals surface area contributed by atoms with E-state index in [1.165, 1.54) is 173 Å².